The smallest absolute Gasteiger partial charge is 0.337 e. The van der Waals surface area contributed by atoms with Gasteiger partial charge in [0, 0.05) is 12.1 Å². The van der Waals surface area contributed by atoms with Gasteiger partial charge in [-0.05, 0) is 11.6 Å². The van der Waals surface area contributed by atoms with Crippen molar-refractivity contribution < 1.29 is 18.3 Å². The van der Waals surface area contributed by atoms with Crippen LogP contribution in [0.5, 0.6) is 0 Å². The van der Waals surface area contributed by atoms with Crippen LogP contribution in [-0.2, 0) is 21.2 Å². The van der Waals surface area contributed by atoms with Gasteiger partial charge in [-0.1, -0.05) is 12.1 Å². The largest absolute Gasteiger partial charge is 0.478 e. The Labute approximate surface area is 92.1 Å². The number of carboxylic acids is 1. The average molecular weight is 239 g/mol. The molecule has 5 nitrogen and oxygen atoms in total. The number of carboxylic acid groups (broad SMARTS) is 1. The van der Waals surface area contributed by atoms with Gasteiger partial charge in [0.2, 0.25) is 9.84 Å². The molecule has 0 spiro atoms. The lowest BCUT2D eigenvalue weighted by molar-refractivity contribution is -0.130. The SMILES string of the molecule is NCc1ccc2c(c1)S(=O)(=O)C=C2C(=O)O. The van der Waals surface area contributed by atoms with E-state index in [4.69, 9.17) is 10.8 Å². The van der Waals surface area contributed by atoms with Gasteiger partial charge in [-0.15, -0.1) is 0 Å². The Morgan fingerprint density at radius 1 is 1.38 bits per heavy atom. The van der Waals surface area contributed by atoms with Crippen molar-refractivity contribution in [1.82, 2.24) is 0 Å². The van der Waals surface area contributed by atoms with Crippen LogP contribution in [0.4, 0.5) is 0 Å². The van der Waals surface area contributed by atoms with Crippen molar-refractivity contribution in [2.75, 3.05) is 0 Å². The molecule has 0 amide bonds. The molecule has 16 heavy (non-hydrogen) atoms. The molecule has 0 saturated heterocycles. The zero-order chi connectivity index (χ0) is 11.9. The van der Waals surface area contributed by atoms with Crippen molar-refractivity contribution in [2.45, 2.75) is 11.4 Å². The minimum Gasteiger partial charge on any atom is -0.478 e. The first-order valence-corrected chi connectivity index (χ1v) is 6.04. The second kappa shape index (κ2) is 3.43. The lowest BCUT2D eigenvalue weighted by Crippen LogP contribution is -2.01. The number of hydrogen-bond donors (Lipinski definition) is 2. The molecule has 0 bridgehead atoms. The quantitative estimate of drug-likeness (QED) is 0.776. The molecular weight excluding hydrogens is 230 g/mol. The van der Waals surface area contributed by atoms with Gasteiger partial charge in [0.15, 0.2) is 0 Å². The predicted octanol–water partition coefficient (Wildman–Crippen LogP) is 0.358. The molecular formula is C10H9NO4S. The monoisotopic (exact) mass is 239 g/mol. The summed E-state index contributed by atoms with van der Waals surface area (Å²) in [7, 11) is -3.63. The minimum atomic E-state index is -3.63. The Morgan fingerprint density at radius 3 is 2.62 bits per heavy atom. The fraction of sp³-hybridized carbons (Fsp3) is 0.100. The third kappa shape index (κ3) is 1.52. The normalized spacial score (nSPS) is 16.7. The summed E-state index contributed by atoms with van der Waals surface area (Å²) in [6.07, 6.45) is 0. The molecule has 1 aliphatic heterocycles. The van der Waals surface area contributed by atoms with Crippen molar-refractivity contribution in [3.8, 4) is 0 Å². The standard InChI is InChI=1S/C10H9NO4S/c11-4-6-1-2-7-8(10(12)13)5-16(14,15)9(7)3-6/h1-3,5H,4,11H2,(H,12,13). The van der Waals surface area contributed by atoms with Crippen LogP contribution in [0.1, 0.15) is 11.1 Å². The average Bonchev–Trinajstić information content (AvgIpc) is 2.51. The number of benzene rings is 1. The highest BCUT2D eigenvalue weighted by molar-refractivity contribution is 7.95. The van der Waals surface area contributed by atoms with E-state index in [0.717, 1.165) is 5.41 Å². The maximum atomic E-state index is 11.7. The Morgan fingerprint density at radius 2 is 2.06 bits per heavy atom. The van der Waals surface area contributed by atoms with Gasteiger partial charge in [0.05, 0.1) is 15.9 Å². The second-order valence-corrected chi connectivity index (χ2v) is 5.18. The lowest BCUT2D eigenvalue weighted by atomic mass is 10.1. The number of sulfone groups is 1. The summed E-state index contributed by atoms with van der Waals surface area (Å²) in [6, 6.07) is 4.51. The summed E-state index contributed by atoms with van der Waals surface area (Å²) < 4.78 is 23.3. The van der Waals surface area contributed by atoms with Gasteiger partial charge in [-0.25, -0.2) is 13.2 Å². The van der Waals surface area contributed by atoms with Crippen molar-refractivity contribution in [3.63, 3.8) is 0 Å². The first kappa shape index (κ1) is 10.8. The highest BCUT2D eigenvalue weighted by atomic mass is 32.2. The molecule has 2 rings (SSSR count). The summed E-state index contributed by atoms with van der Waals surface area (Å²) in [5, 5.41) is 9.64. The predicted molar refractivity (Wildman–Crippen MR) is 57.1 cm³/mol. The van der Waals surface area contributed by atoms with Crippen LogP contribution in [0, 0.1) is 0 Å². The first-order valence-electron chi connectivity index (χ1n) is 4.49. The number of rotatable bonds is 2. The Balaban J connectivity index is 2.71. The minimum absolute atomic E-state index is 0.0212. The number of carbonyl (C=O) groups is 1. The van der Waals surface area contributed by atoms with E-state index in [1.54, 1.807) is 6.07 Å². The van der Waals surface area contributed by atoms with Gasteiger partial charge in [0.1, 0.15) is 0 Å². The fourth-order valence-corrected chi connectivity index (χ4v) is 3.06. The Bertz CT molecular complexity index is 601. The van der Waals surface area contributed by atoms with Gasteiger partial charge < -0.3 is 10.8 Å². The number of hydrogen-bond acceptors (Lipinski definition) is 4. The van der Waals surface area contributed by atoms with Crippen molar-refractivity contribution in [2.24, 2.45) is 5.73 Å². The Kier molecular flexibility index (Phi) is 2.32. The first-order chi connectivity index (χ1) is 7.45. The van der Waals surface area contributed by atoms with Gasteiger partial charge in [-0.2, -0.15) is 0 Å². The number of nitrogens with two attached hydrogens (primary N) is 1. The second-order valence-electron chi connectivity index (χ2n) is 3.42. The zero-order valence-corrected chi connectivity index (χ0v) is 8.99. The van der Waals surface area contributed by atoms with Gasteiger partial charge >= 0.3 is 5.97 Å². The van der Waals surface area contributed by atoms with Gasteiger partial charge in [-0.3, -0.25) is 0 Å². The molecule has 6 heteroatoms. The van der Waals surface area contributed by atoms with Crippen LogP contribution in [-0.4, -0.2) is 19.5 Å². The maximum Gasteiger partial charge on any atom is 0.337 e. The molecule has 0 saturated carbocycles. The summed E-state index contributed by atoms with van der Waals surface area (Å²) in [6.45, 7) is 0.213. The lowest BCUT2D eigenvalue weighted by Gasteiger charge is -2.03. The van der Waals surface area contributed by atoms with Crippen LogP contribution < -0.4 is 5.73 Å². The molecule has 1 aromatic rings. The molecule has 0 aliphatic carbocycles. The van der Waals surface area contributed by atoms with Crippen LogP contribution in [0.25, 0.3) is 5.57 Å². The van der Waals surface area contributed by atoms with Crippen LogP contribution in [0.3, 0.4) is 0 Å². The summed E-state index contributed by atoms with van der Waals surface area (Å²) in [4.78, 5) is 10.9. The zero-order valence-electron chi connectivity index (χ0n) is 8.17. The Hall–Kier alpha value is -1.66. The van der Waals surface area contributed by atoms with E-state index < -0.39 is 15.8 Å². The summed E-state index contributed by atoms with van der Waals surface area (Å²) in [5.74, 6) is -1.25. The van der Waals surface area contributed by atoms with E-state index >= 15 is 0 Å². The number of fused-ring (bicyclic) bond motifs is 1. The van der Waals surface area contributed by atoms with Gasteiger partial charge in [0.25, 0.3) is 0 Å². The van der Waals surface area contributed by atoms with Crippen molar-refractivity contribution in [1.29, 1.82) is 0 Å². The van der Waals surface area contributed by atoms with Crippen LogP contribution in [0.2, 0.25) is 0 Å². The molecule has 3 N–H and O–H groups in total. The summed E-state index contributed by atoms with van der Waals surface area (Å²) in [5.41, 5.74) is 6.08. The molecule has 0 unspecified atom stereocenters. The maximum absolute atomic E-state index is 11.7. The third-order valence-corrected chi connectivity index (χ3v) is 3.88. The molecule has 84 valence electrons. The highest BCUT2D eigenvalue weighted by Gasteiger charge is 2.30. The molecule has 1 heterocycles. The molecule has 1 aromatic carbocycles. The van der Waals surface area contributed by atoms with E-state index in [1.807, 2.05) is 0 Å². The molecule has 1 aliphatic rings. The van der Waals surface area contributed by atoms with Crippen molar-refractivity contribution >= 4 is 21.4 Å². The topological polar surface area (TPSA) is 97.5 Å². The molecule has 0 atom stereocenters. The van der Waals surface area contributed by atoms with E-state index in [0.29, 0.717) is 5.56 Å². The van der Waals surface area contributed by atoms with Crippen molar-refractivity contribution in [3.05, 3.63) is 34.7 Å². The highest BCUT2D eigenvalue weighted by Crippen LogP contribution is 2.33. The number of aliphatic carboxylic acids is 1. The summed E-state index contributed by atoms with van der Waals surface area (Å²) >= 11 is 0. The van der Waals surface area contributed by atoms with Crippen LogP contribution in [0.15, 0.2) is 28.5 Å². The van der Waals surface area contributed by atoms with E-state index in [9.17, 15) is 13.2 Å². The van der Waals surface area contributed by atoms with E-state index in [2.05, 4.69) is 0 Å². The van der Waals surface area contributed by atoms with E-state index in [1.165, 1.54) is 12.1 Å². The van der Waals surface area contributed by atoms with E-state index in [-0.39, 0.29) is 22.6 Å². The van der Waals surface area contributed by atoms with Crippen LogP contribution >= 0.6 is 0 Å². The molecule has 0 fully saturated rings. The molecule has 0 radical (unpaired) electrons. The fourth-order valence-electron chi connectivity index (χ4n) is 1.60. The third-order valence-electron chi connectivity index (χ3n) is 2.38. The molecule has 0 aromatic heterocycles.